The summed E-state index contributed by atoms with van der Waals surface area (Å²) in [5.41, 5.74) is 18.0. The SMILES string of the molecule is Brc1ccc(N(c2ccc(-c3cccc4c3oc3ccccc34)cc2)c2ccccc2-c2ccccc2)cc1.CC1(C)OB(B2OC(C)(C)C(C)(C)O2)OC1(C)C.CC1(C)OB(c2ccc(N(c3ccc(-c4cccc5c4oc4ccccc45)cc3)c3ccccc3-c3ccccc3)cc2)OC1(C)C. The summed E-state index contributed by atoms with van der Waals surface area (Å²) >= 11 is 3.60. The fourth-order valence-corrected chi connectivity index (χ4v) is 14.1. The number of fused-ring (bicyclic) bond motifs is 6. The zero-order chi connectivity index (χ0) is 72.3. The Hall–Kier alpha value is -9.73. The third kappa shape index (κ3) is 13.4. The largest absolute Gasteiger partial charge is 0.494 e. The van der Waals surface area contributed by atoms with Gasteiger partial charge in [-0.05, 0) is 196 Å². The highest BCUT2D eigenvalue weighted by atomic mass is 79.9. The average Bonchev–Trinajstić information content (AvgIpc) is 1.58. The molecular formula is C90H84B3BrN2O8. The van der Waals surface area contributed by atoms with Gasteiger partial charge < -0.3 is 46.6 Å². The van der Waals surface area contributed by atoms with E-state index in [-0.39, 0.29) is 22.4 Å². The zero-order valence-corrected chi connectivity index (χ0v) is 62.6. The van der Waals surface area contributed by atoms with E-state index in [0.717, 1.165) is 121 Å². The van der Waals surface area contributed by atoms with Gasteiger partial charge in [0.05, 0.1) is 45.0 Å². The van der Waals surface area contributed by atoms with Crippen molar-refractivity contribution in [3.8, 4) is 44.5 Å². The van der Waals surface area contributed by atoms with Crippen LogP contribution in [0.3, 0.4) is 0 Å². The normalized spacial score (nSPS) is 16.7. The fraction of sp³-hybridized carbons (Fsp3) is 0.200. The molecule has 0 spiro atoms. The summed E-state index contributed by atoms with van der Waals surface area (Å²) in [6, 6.07) is 102. The second kappa shape index (κ2) is 27.7. The molecule has 0 N–H and O–H groups in total. The average molecular weight is 1430 g/mol. The van der Waals surface area contributed by atoms with Crippen LogP contribution in [-0.2, 0) is 27.9 Å². The fourth-order valence-electron chi connectivity index (χ4n) is 13.8. The maximum absolute atomic E-state index is 6.37. The first kappa shape index (κ1) is 70.0. The molecule has 10 nitrogen and oxygen atoms in total. The van der Waals surface area contributed by atoms with Crippen molar-refractivity contribution < 1.29 is 36.8 Å². The Morgan fingerprint density at radius 1 is 0.260 bits per heavy atom. The number of para-hydroxylation sites is 6. The summed E-state index contributed by atoms with van der Waals surface area (Å²) in [5, 5.41) is 4.54. The third-order valence-corrected chi connectivity index (χ3v) is 22.2. The van der Waals surface area contributed by atoms with Gasteiger partial charge in [0.1, 0.15) is 22.3 Å². The molecule has 104 heavy (non-hydrogen) atoms. The maximum Gasteiger partial charge on any atom is 0.494 e. The van der Waals surface area contributed by atoms with Crippen LogP contribution in [0.25, 0.3) is 88.4 Å². The minimum absolute atomic E-state index is 0.360. The van der Waals surface area contributed by atoms with E-state index in [2.05, 4.69) is 320 Å². The molecule has 2 aromatic heterocycles. The van der Waals surface area contributed by atoms with Gasteiger partial charge in [0.25, 0.3) is 0 Å². The lowest BCUT2D eigenvalue weighted by Crippen LogP contribution is -2.41. The van der Waals surface area contributed by atoms with Gasteiger partial charge in [-0.15, -0.1) is 0 Å². The Kier molecular flexibility index (Phi) is 18.6. The Balaban J connectivity index is 0.000000137. The van der Waals surface area contributed by atoms with Crippen molar-refractivity contribution in [3.05, 3.63) is 296 Å². The lowest BCUT2D eigenvalue weighted by Gasteiger charge is -2.32. The predicted octanol–water partition coefficient (Wildman–Crippen LogP) is 24.1. The first-order valence-corrected chi connectivity index (χ1v) is 36.6. The molecule has 3 aliphatic rings. The van der Waals surface area contributed by atoms with Gasteiger partial charge in [-0.3, -0.25) is 0 Å². The number of halogens is 1. The molecule has 12 aromatic carbocycles. The molecule has 14 aromatic rings. The quantitative estimate of drug-likeness (QED) is 0.110. The van der Waals surface area contributed by atoms with Gasteiger partial charge in [0, 0.05) is 71.0 Å². The van der Waals surface area contributed by atoms with E-state index in [1.54, 1.807) is 0 Å². The molecule has 0 radical (unpaired) electrons. The number of hydrogen-bond acceptors (Lipinski definition) is 10. The van der Waals surface area contributed by atoms with Crippen molar-refractivity contribution in [1.29, 1.82) is 0 Å². The lowest BCUT2D eigenvalue weighted by molar-refractivity contribution is 0.00578. The summed E-state index contributed by atoms with van der Waals surface area (Å²) in [5.74, 6) is 0. The van der Waals surface area contributed by atoms with Crippen LogP contribution in [0.5, 0.6) is 0 Å². The predicted molar refractivity (Wildman–Crippen MR) is 434 cm³/mol. The highest BCUT2D eigenvalue weighted by Gasteiger charge is 2.64. The standard InChI is InChI=1S/C42H36BNO3.C36H24BrNO.C12H24B2O4/c1-41(2)42(3,4)47-43(46-41)31-23-27-33(28-24-31)44(38-19-10-8-15-34(38)29-13-6-5-7-14-29)32-25-21-30(22-26-32)35-17-12-18-37-36-16-9-11-20-39(36)45-40(35)37;37-27-19-23-29(24-20-27)38(34-15-6-4-11-30(34)25-9-2-1-3-10-25)28-21-17-26(18-22-28)31-13-8-14-33-32-12-5-7-16-35(32)39-36(31)33;1-9(2)10(3,4)16-13(15-9)14-17-11(5,6)12(7,8)18-14/h5-28H,1-4H3;1-24H;1-8H3. The van der Waals surface area contributed by atoms with Crippen LogP contribution in [0.1, 0.15) is 83.1 Å². The van der Waals surface area contributed by atoms with Crippen LogP contribution >= 0.6 is 15.9 Å². The van der Waals surface area contributed by atoms with Crippen molar-refractivity contribution in [2.75, 3.05) is 9.80 Å². The van der Waals surface area contributed by atoms with Gasteiger partial charge in [0.15, 0.2) is 0 Å². The molecule has 0 atom stereocenters. The summed E-state index contributed by atoms with van der Waals surface area (Å²) in [6.45, 7) is 24.5. The van der Waals surface area contributed by atoms with Gasteiger partial charge in [-0.25, -0.2) is 0 Å². The van der Waals surface area contributed by atoms with Gasteiger partial charge in [-0.1, -0.05) is 222 Å². The monoisotopic (exact) mass is 1430 g/mol. The summed E-state index contributed by atoms with van der Waals surface area (Å²) in [6.07, 6.45) is 0. The Morgan fingerprint density at radius 2 is 0.548 bits per heavy atom. The Bertz CT molecular complexity index is 5310. The highest BCUT2D eigenvalue weighted by molar-refractivity contribution is 9.10. The van der Waals surface area contributed by atoms with Crippen molar-refractivity contribution in [1.82, 2.24) is 0 Å². The Labute approximate surface area is 620 Å². The van der Waals surface area contributed by atoms with E-state index in [0.29, 0.717) is 0 Å². The number of hydrogen-bond donors (Lipinski definition) is 0. The topological polar surface area (TPSA) is 88.1 Å². The summed E-state index contributed by atoms with van der Waals surface area (Å²) in [7, 11) is -1.37. The highest BCUT2D eigenvalue weighted by Crippen LogP contribution is 2.48. The third-order valence-electron chi connectivity index (χ3n) is 21.7. The number of anilines is 6. The molecule has 0 aliphatic carbocycles. The van der Waals surface area contributed by atoms with Crippen molar-refractivity contribution >= 4 is 121 Å². The molecule has 3 saturated heterocycles. The minimum Gasteiger partial charge on any atom is -0.455 e. The smallest absolute Gasteiger partial charge is 0.455 e. The second-order valence-electron chi connectivity index (χ2n) is 30.0. The van der Waals surface area contributed by atoms with E-state index in [1.165, 1.54) is 11.1 Å². The van der Waals surface area contributed by atoms with Crippen LogP contribution in [0.15, 0.2) is 304 Å². The van der Waals surface area contributed by atoms with Crippen LogP contribution in [0, 0.1) is 0 Å². The molecule has 518 valence electrons. The van der Waals surface area contributed by atoms with E-state index in [9.17, 15) is 0 Å². The first-order valence-electron chi connectivity index (χ1n) is 35.8. The van der Waals surface area contributed by atoms with E-state index in [1.807, 2.05) is 79.7 Å². The van der Waals surface area contributed by atoms with E-state index >= 15 is 0 Å². The molecule has 17 rings (SSSR count). The number of benzene rings is 12. The number of nitrogens with zero attached hydrogens (tertiary/aromatic N) is 2. The molecule has 3 fully saturated rings. The summed E-state index contributed by atoms with van der Waals surface area (Å²) in [4.78, 5) is 4.64. The van der Waals surface area contributed by atoms with E-state index < -0.39 is 32.3 Å². The molecule has 0 saturated carbocycles. The molecule has 0 unspecified atom stereocenters. The van der Waals surface area contributed by atoms with Crippen molar-refractivity contribution in [2.45, 2.75) is 117 Å². The first-order chi connectivity index (χ1) is 49.9. The van der Waals surface area contributed by atoms with Gasteiger partial charge >= 0.3 is 21.1 Å². The Morgan fingerprint density at radius 3 is 0.933 bits per heavy atom. The zero-order valence-electron chi connectivity index (χ0n) is 61.0. The molecular weight excluding hydrogens is 1350 g/mol. The minimum atomic E-state index is -0.476. The van der Waals surface area contributed by atoms with Gasteiger partial charge in [0.2, 0.25) is 0 Å². The van der Waals surface area contributed by atoms with Gasteiger partial charge in [-0.2, -0.15) is 0 Å². The maximum atomic E-state index is 6.37. The van der Waals surface area contributed by atoms with Crippen LogP contribution < -0.4 is 15.3 Å². The second-order valence-corrected chi connectivity index (χ2v) is 30.9. The van der Waals surface area contributed by atoms with Crippen LogP contribution in [-0.4, -0.2) is 54.7 Å². The van der Waals surface area contributed by atoms with Crippen molar-refractivity contribution in [3.63, 3.8) is 0 Å². The van der Waals surface area contributed by atoms with Crippen LogP contribution in [0.4, 0.5) is 34.1 Å². The molecule has 0 amide bonds. The molecule has 14 heteroatoms. The molecule has 0 bridgehead atoms. The number of rotatable bonds is 12. The van der Waals surface area contributed by atoms with Crippen LogP contribution in [0.2, 0.25) is 0 Å². The van der Waals surface area contributed by atoms with Crippen molar-refractivity contribution in [2.24, 2.45) is 0 Å². The van der Waals surface area contributed by atoms with E-state index in [4.69, 9.17) is 36.8 Å². The number of furan rings is 2. The summed E-state index contributed by atoms with van der Waals surface area (Å²) < 4.78 is 50.3. The lowest BCUT2D eigenvalue weighted by atomic mass is 9.49. The molecule has 3 aliphatic heterocycles. The molecule has 5 heterocycles.